The maximum Gasteiger partial charge on any atom is 0.251 e. The molecule has 4 nitrogen and oxygen atoms in total. The SMILES string of the molecule is COCCCCNC(=O)c1ccc(N)cc1.Cl. The molecular weight excluding hydrogens is 240 g/mol. The largest absolute Gasteiger partial charge is 0.399 e. The molecule has 0 aliphatic rings. The number of carbonyl (C=O) groups excluding carboxylic acids is 1. The van der Waals surface area contributed by atoms with Gasteiger partial charge in [-0.2, -0.15) is 0 Å². The monoisotopic (exact) mass is 258 g/mol. The molecule has 0 aliphatic carbocycles. The number of anilines is 1. The number of amides is 1. The predicted octanol–water partition coefficient (Wildman–Crippen LogP) is 1.85. The van der Waals surface area contributed by atoms with Gasteiger partial charge in [0.15, 0.2) is 0 Å². The molecule has 3 N–H and O–H groups in total. The summed E-state index contributed by atoms with van der Waals surface area (Å²) < 4.78 is 4.92. The summed E-state index contributed by atoms with van der Waals surface area (Å²) in [6, 6.07) is 6.89. The highest BCUT2D eigenvalue weighted by Crippen LogP contribution is 2.05. The fourth-order valence-corrected chi connectivity index (χ4v) is 1.31. The van der Waals surface area contributed by atoms with Crippen LogP contribution in [0.5, 0.6) is 0 Å². The number of nitrogens with one attached hydrogen (secondary N) is 1. The van der Waals surface area contributed by atoms with Crippen molar-refractivity contribution in [2.24, 2.45) is 0 Å². The van der Waals surface area contributed by atoms with E-state index in [9.17, 15) is 4.79 Å². The van der Waals surface area contributed by atoms with Gasteiger partial charge in [0.2, 0.25) is 0 Å². The maximum absolute atomic E-state index is 11.6. The number of nitrogen functional groups attached to an aromatic ring is 1. The van der Waals surface area contributed by atoms with Crippen molar-refractivity contribution in [3.63, 3.8) is 0 Å². The topological polar surface area (TPSA) is 64.3 Å². The van der Waals surface area contributed by atoms with Crippen LogP contribution < -0.4 is 11.1 Å². The summed E-state index contributed by atoms with van der Waals surface area (Å²) in [6.45, 7) is 1.41. The Morgan fingerprint density at radius 3 is 2.53 bits per heavy atom. The molecule has 1 aromatic rings. The Hall–Kier alpha value is -1.26. The van der Waals surface area contributed by atoms with Crippen LogP contribution in [0.3, 0.4) is 0 Å². The molecule has 1 rings (SSSR count). The second-order valence-electron chi connectivity index (χ2n) is 3.58. The van der Waals surface area contributed by atoms with E-state index in [2.05, 4.69) is 5.32 Å². The van der Waals surface area contributed by atoms with Crippen molar-refractivity contribution in [1.29, 1.82) is 0 Å². The fraction of sp³-hybridized carbons (Fsp3) is 0.417. The quantitative estimate of drug-likeness (QED) is 0.605. The molecule has 0 fully saturated rings. The first-order chi connectivity index (χ1) is 7.74. The summed E-state index contributed by atoms with van der Waals surface area (Å²) in [7, 11) is 1.67. The van der Waals surface area contributed by atoms with Crippen molar-refractivity contribution < 1.29 is 9.53 Å². The second kappa shape index (κ2) is 8.84. The number of ether oxygens (including phenoxy) is 1. The number of unbranched alkanes of at least 4 members (excludes halogenated alkanes) is 1. The zero-order chi connectivity index (χ0) is 11.8. The molecule has 0 aliphatic heterocycles. The van der Waals surface area contributed by atoms with E-state index in [1.54, 1.807) is 31.4 Å². The first-order valence-electron chi connectivity index (χ1n) is 5.36. The minimum Gasteiger partial charge on any atom is -0.399 e. The third kappa shape index (κ3) is 6.14. The van der Waals surface area contributed by atoms with Crippen LogP contribution in [0.25, 0.3) is 0 Å². The highest BCUT2D eigenvalue weighted by atomic mass is 35.5. The van der Waals surface area contributed by atoms with Gasteiger partial charge in [-0.25, -0.2) is 0 Å². The Kier molecular flexibility index (Phi) is 8.19. The number of methoxy groups -OCH3 is 1. The third-order valence-electron chi connectivity index (χ3n) is 2.23. The maximum atomic E-state index is 11.6. The first-order valence-corrected chi connectivity index (χ1v) is 5.36. The minimum atomic E-state index is -0.0579. The number of halogens is 1. The van der Waals surface area contributed by atoms with Crippen molar-refractivity contribution in [3.05, 3.63) is 29.8 Å². The van der Waals surface area contributed by atoms with Crippen LogP contribution in [-0.4, -0.2) is 26.2 Å². The van der Waals surface area contributed by atoms with E-state index in [1.165, 1.54) is 0 Å². The van der Waals surface area contributed by atoms with Crippen LogP contribution in [0.15, 0.2) is 24.3 Å². The van der Waals surface area contributed by atoms with Crippen molar-refractivity contribution >= 4 is 24.0 Å². The van der Waals surface area contributed by atoms with Crippen LogP contribution in [0, 0.1) is 0 Å². The zero-order valence-electron chi connectivity index (χ0n) is 9.94. The molecule has 0 aromatic heterocycles. The smallest absolute Gasteiger partial charge is 0.251 e. The summed E-state index contributed by atoms with van der Waals surface area (Å²) in [4.78, 5) is 11.6. The molecular formula is C12H19ClN2O2. The summed E-state index contributed by atoms with van der Waals surface area (Å²) in [5.74, 6) is -0.0579. The molecule has 0 atom stereocenters. The Labute approximate surface area is 108 Å². The third-order valence-corrected chi connectivity index (χ3v) is 2.23. The Morgan fingerprint density at radius 1 is 1.29 bits per heavy atom. The number of nitrogens with two attached hydrogens (primary N) is 1. The van der Waals surface area contributed by atoms with Crippen molar-refractivity contribution in [3.8, 4) is 0 Å². The van der Waals surface area contributed by atoms with E-state index in [0.717, 1.165) is 19.4 Å². The summed E-state index contributed by atoms with van der Waals surface area (Å²) in [5, 5.41) is 2.84. The Morgan fingerprint density at radius 2 is 1.94 bits per heavy atom. The van der Waals surface area contributed by atoms with Crippen molar-refractivity contribution in [1.82, 2.24) is 5.32 Å². The number of benzene rings is 1. The van der Waals surface area contributed by atoms with Crippen LogP contribution >= 0.6 is 12.4 Å². The van der Waals surface area contributed by atoms with Crippen molar-refractivity contribution in [2.75, 3.05) is 26.0 Å². The second-order valence-corrected chi connectivity index (χ2v) is 3.58. The Balaban J connectivity index is 0.00000256. The van der Waals surface area contributed by atoms with Crippen LogP contribution in [0.4, 0.5) is 5.69 Å². The standard InChI is InChI=1S/C12H18N2O2.ClH/c1-16-9-3-2-8-14-12(15)10-4-6-11(13)7-5-10;/h4-7H,2-3,8-9,13H2,1H3,(H,14,15);1H. The lowest BCUT2D eigenvalue weighted by Crippen LogP contribution is -2.24. The fourth-order valence-electron chi connectivity index (χ4n) is 1.31. The molecule has 0 radical (unpaired) electrons. The highest BCUT2D eigenvalue weighted by molar-refractivity contribution is 5.94. The van der Waals surface area contributed by atoms with E-state index in [4.69, 9.17) is 10.5 Å². The average Bonchev–Trinajstić information content (AvgIpc) is 2.29. The molecule has 0 bridgehead atoms. The molecule has 1 aromatic carbocycles. The van der Waals surface area contributed by atoms with Crippen LogP contribution in [0.2, 0.25) is 0 Å². The Bertz CT molecular complexity index is 328. The summed E-state index contributed by atoms with van der Waals surface area (Å²) in [5.41, 5.74) is 6.84. The number of rotatable bonds is 6. The van der Waals surface area contributed by atoms with Gasteiger partial charge in [0.05, 0.1) is 0 Å². The van der Waals surface area contributed by atoms with Crippen molar-refractivity contribution in [2.45, 2.75) is 12.8 Å². The summed E-state index contributed by atoms with van der Waals surface area (Å²) in [6.07, 6.45) is 1.88. The van der Waals surface area contributed by atoms with Crippen LogP contribution in [0.1, 0.15) is 23.2 Å². The van der Waals surface area contributed by atoms with Gasteiger partial charge < -0.3 is 15.8 Å². The molecule has 0 spiro atoms. The van der Waals surface area contributed by atoms with Gasteiger partial charge in [0.25, 0.3) is 5.91 Å². The molecule has 0 heterocycles. The van der Waals surface area contributed by atoms with Gasteiger partial charge in [-0.3, -0.25) is 4.79 Å². The summed E-state index contributed by atoms with van der Waals surface area (Å²) >= 11 is 0. The normalized spacial score (nSPS) is 9.47. The van der Waals surface area contributed by atoms with Gasteiger partial charge in [-0.05, 0) is 37.1 Å². The van der Waals surface area contributed by atoms with E-state index >= 15 is 0 Å². The van der Waals surface area contributed by atoms with E-state index < -0.39 is 0 Å². The molecule has 0 saturated carbocycles. The number of hydrogen-bond donors (Lipinski definition) is 2. The molecule has 17 heavy (non-hydrogen) atoms. The zero-order valence-corrected chi connectivity index (χ0v) is 10.8. The lowest BCUT2D eigenvalue weighted by molar-refractivity contribution is 0.0951. The van der Waals surface area contributed by atoms with E-state index in [-0.39, 0.29) is 18.3 Å². The highest BCUT2D eigenvalue weighted by Gasteiger charge is 2.03. The van der Waals surface area contributed by atoms with E-state index in [1.807, 2.05) is 0 Å². The molecule has 0 unspecified atom stereocenters. The van der Waals surface area contributed by atoms with Gasteiger partial charge in [-0.15, -0.1) is 12.4 Å². The molecule has 1 amide bonds. The lowest BCUT2D eigenvalue weighted by atomic mass is 10.2. The molecule has 0 saturated heterocycles. The number of carbonyl (C=O) groups is 1. The molecule has 5 heteroatoms. The van der Waals surface area contributed by atoms with Gasteiger partial charge in [0, 0.05) is 31.5 Å². The van der Waals surface area contributed by atoms with Gasteiger partial charge >= 0.3 is 0 Å². The first kappa shape index (κ1) is 15.7. The van der Waals surface area contributed by atoms with E-state index in [0.29, 0.717) is 17.8 Å². The minimum absolute atomic E-state index is 0. The number of hydrogen-bond acceptors (Lipinski definition) is 3. The predicted molar refractivity (Wildman–Crippen MR) is 71.5 cm³/mol. The lowest BCUT2D eigenvalue weighted by Gasteiger charge is -2.05. The van der Waals surface area contributed by atoms with Gasteiger partial charge in [0.1, 0.15) is 0 Å². The molecule has 96 valence electrons. The van der Waals surface area contributed by atoms with Crippen LogP contribution in [-0.2, 0) is 4.74 Å². The van der Waals surface area contributed by atoms with Gasteiger partial charge in [-0.1, -0.05) is 0 Å². The average molecular weight is 259 g/mol.